The summed E-state index contributed by atoms with van der Waals surface area (Å²) in [5, 5.41) is 8.44. The summed E-state index contributed by atoms with van der Waals surface area (Å²) in [4.78, 5) is 11.6. The number of benzene rings is 3. The van der Waals surface area contributed by atoms with Crippen molar-refractivity contribution in [2.45, 2.75) is 11.4 Å². The molecule has 0 amide bonds. The van der Waals surface area contributed by atoms with Crippen LogP contribution < -0.4 is 15.2 Å². The van der Waals surface area contributed by atoms with Gasteiger partial charge in [0.25, 0.3) is 0 Å². The van der Waals surface area contributed by atoms with Crippen LogP contribution in [0.25, 0.3) is 0 Å². The van der Waals surface area contributed by atoms with Crippen LogP contribution in [0.1, 0.15) is 15.9 Å². The molecule has 3 aromatic rings. The molecule has 0 radical (unpaired) electrons. The third-order valence-electron chi connectivity index (χ3n) is 4.14. The zero-order chi connectivity index (χ0) is 21.7. The molecular weight excluding hydrogens is 411 g/mol. The lowest BCUT2D eigenvalue weighted by Crippen LogP contribution is -2.16. The quantitative estimate of drug-likeness (QED) is 0.554. The van der Waals surface area contributed by atoms with Crippen molar-refractivity contribution in [1.82, 2.24) is 0 Å². The summed E-state index contributed by atoms with van der Waals surface area (Å²) in [5.74, 6) is -1.14. The first-order chi connectivity index (χ1) is 14.3. The molecule has 0 atom stereocenters. The van der Waals surface area contributed by atoms with Crippen LogP contribution in [0, 0.1) is 5.82 Å². The minimum Gasteiger partial charge on any atom is -0.465 e. The summed E-state index contributed by atoms with van der Waals surface area (Å²) < 4.78 is 48.2. The van der Waals surface area contributed by atoms with Crippen LogP contribution in [-0.2, 0) is 21.3 Å². The number of halogens is 1. The third-order valence-corrected chi connectivity index (χ3v) is 5.06. The highest BCUT2D eigenvalue weighted by atomic mass is 32.2. The van der Waals surface area contributed by atoms with E-state index in [1.165, 1.54) is 37.4 Å². The summed E-state index contributed by atoms with van der Waals surface area (Å²) in [6, 6.07) is 16.8. The standard InChI is InChI=1S/C21H19FN2O5S/c1-28-21(25)15-11-18(24-13-14-5-3-2-4-6-14)20(19(12-15)30(23,26)27)29-17-9-7-16(22)8-10-17/h2-12,24H,13H2,1H3,(H2,23,26,27). The molecule has 30 heavy (non-hydrogen) atoms. The summed E-state index contributed by atoms with van der Waals surface area (Å²) in [5.41, 5.74) is 1.09. The van der Waals surface area contributed by atoms with Crippen molar-refractivity contribution in [3.05, 3.63) is 83.7 Å². The predicted octanol–water partition coefficient (Wildman–Crippen LogP) is 3.66. The number of nitrogens with one attached hydrogen (secondary N) is 1. The fourth-order valence-corrected chi connectivity index (χ4v) is 3.40. The number of anilines is 1. The van der Waals surface area contributed by atoms with Crippen molar-refractivity contribution in [1.29, 1.82) is 0 Å². The largest absolute Gasteiger partial charge is 0.465 e. The Morgan fingerprint density at radius 1 is 1.07 bits per heavy atom. The molecule has 7 nitrogen and oxygen atoms in total. The number of esters is 1. The first kappa shape index (κ1) is 21.3. The molecule has 0 spiro atoms. The highest BCUT2D eigenvalue weighted by molar-refractivity contribution is 7.89. The Kier molecular flexibility index (Phi) is 6.34. The highest BCUT2D eigenvalue weighted by Crippen LogP contribution is 2.37. The van der Waals surface area contributed by atoms with E-state index >= 15 is 0 Å². The molecule has 3 rings (SSSR count). The number of sulfonamides is 1. The van der Waals surface area contributed by atoms with E-state index < -0.39 is 26.7 Å². The molecule has 0 heterocycles. The van der Waals surface area contributed by atoms with Gasteiger partial charge < -0.3 is 14.8 Å². The van der Waals surface area contributed by atoms with Crippen molar-refractivity contribution >= 4 is 21.7 Å². The van der Waals surface area contributed by atoms with Crippen LogP contribution in [-0.4, -0.2) is 21.5 Å². The van der Waals surface area contributed by atoms with Crippen molar-refractivity contribution in [3.63, 3.8) is 0 Å². The van der Waals surface area contributed by atoms with Gasteiger partial charge in [0.1, 0.15) is 16.5 Å². The Hall–Kier alpha value is -3.43. The van der Waals surface area contributed by atoms with Gasteiger partial charge in [0.2, 0.25) is 10.0 Å². The van der Waals surface area contributed by atoms with Gasteiger partial charge in [-0.05, 0) is 42.0 Å². The second-order valence-corrected chi connectivity index (χ2v) is 7.81. The molecule has 0 aromatic heterocycles. The second-order valence-electron chi connectivity index (χ2n) is 6.28. The van der Waals surface area contributed by atoms with E-state index in [0.717, 1.165) is 11.6 Å². The Labute approximate surface area is 173 Å². The maximum Gasteiger partial charge on any atom is 0.337 e. The zero-order valence-corrected chi connectivity index (χ0v) is 16.8. The van der Waals surface area contributed by atoms with Gasteiger partial charge in [-0.2, -0.15) is 0 Å². The number of carbonyl (C=O) groups excluding carboxylic acids is 1. The maximum absolute atomic E-state index is 13.2. The van der Waals surface area contributed by atoms with Gasteiger partial charge in [-0.15, -0.1) is 0 Å². The Balaban J connectivity index is 2.11. The molecule has 9 heteroatoms. The zero-order valence-electron chi connectivity index (χ0n) is 16.0. The number of carbonyl (C=O) groups is 1. The van der Waals surface area contributed by atoms with Crippen LogP contribution >= 0.6 is 0 Å². The number of hydrogen-bond acceptors (Lipinski definition) is 6. The van der Waals surface area contributed by atoms with E-state index in [2.05, 4.69) is 5.32 Å². The number of methoxy groups -OCH3 is 1. The summed E-state index contributed by atoms with van der Waals surface area (Å²) in [6.45, 7) is 0.315. The fraction of sp³-hybridized carbons (Fsp3) is 0.0952. The normalized spacial score (nSPS) is 11.0. The van der Waals surface area contributed by atoms with E-state index in [4.69, 9.17) is 14.6 Å². The molecule has 0 aliphatic heterocycles. The van der Waals surface area contributed by atoms with E-state index in [1.54, 1.807) is 0 Å². The van der Waals surface area contributed by atoms with E-state index in [1.807, 2.05) is 30.3 Å². The number of hydrogen-bond donors (Lipinski definition) is 2. The number of primary sulfonamides is 1. The Bertz CT molecular complexity index is 1150. The Morgan fingerprint density at radius 3 is 2.33 bits per heavy atom. The summed E-state index contributed by atoms with van der Waals surface area (Å²) in [7, 11) is -3.10. The molecule has 156 valence electrons. The fourth-order valence-electron chi connectivity index (χ4n) is 2.70. The average Bonchev–Trinajstić information content (AvgIpc) is 2.73. The number of nitrogens with two attached hydrogens (primary N) is 1. The molecule has 0 fully saturated rings. The first-order valence-corrected chi connectivity index (χ1v) is 10.3. The highest BCUT2D eigenvalue weighted by Gasteiger charge is 2.24. The van der Waals surface area contributed by atoms with Crippen LogP contribution in [0.5, 0.6) is 11.5 Å². The maximum atomic E-state index is 13.2. The number of ether oxygens (including phenoxy) is 2. The minimum atomic E-state index is -4.28. The SMILES string of the molecule is COC(=O)c1cc(NCc2ccccc2)c(Oc2ccc(F)cc2)c(S(N)(=O)=O)c1. The van der Waals surface area contributed by atoms with Crippen molar-refractivity contribution in [2.75, 3.05) is 12.4 Å². The van der Waals surface area contributed by atoms with Gasteiger partial charge in [-0.25, -0.2) is 22.7 Å². The minimum absolute atomic E-state index is 0.0245. The number of rotatable bonds is 7. The smallest absolute Gasteiger partial charge is 0.337 e. The molecule has 0 unspecified atom stereocenters. The lowest BCUT2D eigenvalue weighted by atomic mass is 10.1. The van der Waals surface area contributed by atoms with Crippen molar-refractivity contribution < 1.29 is 27.1 Å². The molecular formula is C21H19FN2O5S. The second kappa shape index (κ2) is 8.93. The molecule has 0 saturated heterocycles. The van der Waals surface area contributed by atoms with Crippen LogP contribution in [0.2, 0.25) is 0 Å². The van der Waals surface area contributed by atoms with Crippen LogP contribution in [0.3, 0.4) is 0 Å². The summed E-state index contributed by atoms with van der Waals surface area (Å²) in [6.07, 6.45) is 0. The van der Waals surface area contributed by atoms with E-state index in [9.17, 15) is 17.6 Å². The van der Waals surface area contributed by atoms with Gasteiger partial charge in [0.05, 0.1) is 18.4 Å². The molecule has 0 bridgehead atoms. The van der Waals surface area contributed by atoms with Gasteiger partial charge in [0, 0.05) is 6.54 Å². The topological polar surface area (TPSA) is 108 Å². The van der Waals surface area contributed by atoms with Crippen molar-refractivity contribution in [2.24, 2.45) is 5.14 Å². The van der Waals surface area contributed by atoms with Gasteiger partial charge in [-0.1, -0.05) is 30.3 Å². The molecule has 0 aliphatic carbocycles. The molecule has 3 N–H and O–H groups in total. The first-order valence-electron chi connectivity index (χ1n) is 8.78. The molecule has 0 aliphatic rings. The lowest BCUT2D eigenvalue weighted by Gasteiger charge is -2.17. The lowest BCUT2D eigenvalue weighted by molar-refractivity contribution is 0.0600. The van der Waals surface area contributed by atoms with E-state index in [-0.39, 0.29) is 22.7 Å². The predicted molar refractivity (Wildman–Crippen MR) is 109 cm³/mol. The summed E-state index contributed by atoms with van der Waals surface area (Å²) >= 11 is 0. The average molecular weight is 430 g/mol. The van der Waals surface area contributed by atoms with Gasteiger partial charge in [0.15, 0.2) is 5.75 Å². The molecule has 0 saturated carbocycles. The van der Waals surface area contributed by atoms with Crippen LogP contribution in [0.4, 0.5) is 10.1 Å². The van der Waals surface area contributed by atoms with Crippen molar-refractivity contribution in [3.8, 4) is 11.5 Å². The van der Waals surface area contributed by atoms with Gasteiger partial charge in [-0.3, -0.25) is 0 Å². The Morgan fingerprint density at radius 2 is 1.73 bits per heavy atom. The molecule has 3 aromatic carbocycles. The van der Waals surface area contributed by atoms with E-state index in [0.29, 0.717) is 6.54 Å². The monoisotopic (exact) mass is 430 g/mol. The third kappa shape index (κ3) is 5.13. The van der Waals surface area contributed by atoms with Crippen LogP contribution in [0.15, 0.2) is 71.6 Å². The van der Waals surface area contributed by atoms with Gasteiger partial charge >= 0.3 is 5.97 Å².